The quantitative estimate of drug-likeness (QED) is 0.820. The fraction of sp³-hybridized carbons (Fsp3) is 0.944. The molecule has 0 spiro atoms. The van der Waals surface area contributed by atoms with Gasteiger partial charge in [0, 0.05) is 37.2 Å². The molecule has 1 saturated carbocycles. The lowest BCUT2D eigenvalue weighted by molar-refractivity contribution is -0.129. The highest BCUT2D eigenvalue weighted by molar-refractivity contribution is 5.81. The van der Waals surface area contributed by atoms with Gasteiger partial charge in [-0.15, -0.1) is 0 Å². The molecule has 0 radical (unpaired) electrons. The van der Waals surface area contributed by atoms with E-state index in [1.54, 1.807) is 0 Å². The summed E-state index contributed by atoms with van der Waals surface area (Å²) < 4.78 is 0. The van der Waals surface area contributed by atoms with Crippen molar-refractivity contribution in [2.24, 2.45) is 11.3 Å². The van der Waals surface area contributed by atoms with E-state index in [1.807, 2.05) is 20.8 Å². The Morgan fingerprint density at radius 2 is 1.91 bits per heavy atom. The van der Waals surface area contributed by atoms with Crippen molar-refractivity contribution in [3.8, 4) is 0 Å². The van der Waals surface area contributed by atoms with Gasteiger partial charge in [-0.1, -0.05) is 33.6 Å². The Balaban J connectivity index is 1.96. The van der Waals surface area contributed by atoms with Crippen LogP contribution in [0.25, 0.3) is 0 Å². The minimum atomic E-state index is -0.323. The molecule has 2 N–H and O–H groups in total. The van der Waals surface area contributed by atoms with E-state index in [4.69, 9.17) is 5.11 Å². The summed E-state index contributed by atoms with van der Waals surface area (Å²) >= 11 is 0. The van der Waals surface area contributed by atoms with E-state index in [2.05, 4.69) is 10.2 Å². The van der Waals surface area contributed by atoms with Crippen molar-refractivity contribution in [3.05, 3.63) is 0 Å². The van der Waals surface area contributed by atoms with Gasteiger partial charge in [0.05, 0.1) is 0 Å². The van der Waals surface area contributed by atoms with Crippen LogP contribution in [0.15, 0.2) is 0 Å². The lowest BCUT2D eigenvalue weighted by Gasteiger charge is -2.42. The fourth-order valence-corrected chi connectivity index (χ4v) is 3.90. The molecule has 128 valence electrons. The van der Waals surface area contributed by atoms with Gasteiger partial charge in [0.15, 0.2) is 0 Å². The summed E-state index contributed by atoms with van der Waals surface area (Å²) in [4.78, 5) is 14.9. The third-order valence-corrected chi connectivity index (χ3v) is 5.19. The zero-order valence-electron chi connectivity index (χ0n) is 14.6. The summed E-state index contributed by atoms with van der Waals surface area (Å²) in [5.74, 6) is 0.762. The van der Waals surface area contributed by atoms with Gasteiger partial charge in [-0.3, -0.25) is 9.69 Å². The number of nitrogens with zero attached hydrogens (tertiary/aromatic N) is 1. The van der Waals surface area contributed by atoms with Crippen molar-refractivity contribution in [1.29, 1.82) is 0 Å². The second-order valence-corrected chi connectivity index (χ2v) is 8.28. The lowest BCUT2D eigenvalue weighted by Crippen LogP contribution is -2.54. The third kappa shape index (κ3) is 4.95. The maximum absolute atomic E-state index is 12.3. The van der Waals surface area contributed by atoms with E-state index in [0.717, 1.165) is 32.4 Å². The van der Waals surface area contributed by atoms with Crippen molar-refractivity contribution in [2.45, 2.75) is 77.8 Å². The van der Waals surface area contributed by atoms with Gasteiger partial charge in [-0.25, -0.2) is 0 Å². The molecular formula is C18H34N2O2. The van der Waals surface area contributed by atoms with Gasteiger partial charge in [0.2, 0.25) is 5.91 Å². The topological polar surface area (TPSA) is 52.6 Å². The smallest absolute Gasteiger partial charge is 0.225 e. The number of carbonyl (C=O) groups is 1. The summed E-state index contributed by atoms with van der Waals surface area (Å²) in [6, 6.07) is 0.982. The van der Waals surface area contributed by atoms with Gasteiger partial charge in [0.1, 0.15) is 0 Å². The van der Waals surface area contributed by atoms with Crippen LogP contribution in [-0.4, -0.2) is 47.7 Å². The predicted molar refractivity (Wildman–Crippen MR) is 89.6 cm³/mol. The van der Waals surface area contributed by atoms with Crippen LogP contribution in [0.3, 0.4) is 0 Å². The Morgan fingerprint density at radius 3 is 2.50 bits per heavy atom. The van der Waals surface area contributed by atoms with Crippen molar-refractivity contribution < 1.29 is 9.90 Å². The first-order valence-electron chi connectivity index (χ1n) is 9.06. The maximum atomic E-state index is 12.3. The van der Waals surface area contributed by atoms with Crippen LogP contribution >= 0.6 is 0 Å². The van der Waals surface area contributed by atoms with E-state index in [1.165, 1.54) is 25.7 Å². The molecule has 4 heteroatoms. The Morgan fingerprint density at radius 1 is 1.23 bits per heavy atom. The Kier molecular flexibility index (Phi) is 6.27. The molecule has 0 aromatic carbocycles. The molecule has 2 fully saturated rings. The molecule has 2 rings (SSSR count). The number of aliphatic hydroxyl groups excluding tert-OH is 1. The molecule has 22 heavy (non-hydrogen) atoms. The van der Waals surface area contributed by atoms with E-state index in [0.29, 0.717) is 12.0 Å². The molecule has 1 aliphatic heterocycles. The molecule has 1 amide bonds. The number of likely N-dealkylation sites (tertiary alicyclic amines) is 1. The minimum absolute atomic E-state index is 0.159. The molecule has 2 aliphatic rings. The number of rotatable bonds is 5. The average molecular weight is 310 g/mol. The standard InChI is InChI=1S/C18H34N2O2/c1-18(2,3)17(22)19-15-11-14(7-6-10-21)12-20(13-15)16-8-4-5-9-16/h14-16,21H,4-13H2,1-3H3,(H,19,22). The number of amides is 1. The van der Waals surface area contributed by atoms with Crippen molar-refractivity contribution >= 4 is 5.91 Å². The van der Waals surface area contributed by atoms with E-state index >= 15 is 0 Å². The fourth-order valence-electron chi connectivity index (χ4n) is 3.90. The number of carbonyl (C=O) groups excluding carboxylic acids is 1. The van der Waals surface area contributed by atoms with Gasteiger partial charge in [-0.05, 0) is 38.0 Å². The molecule has 1 aliphatic carbocycles. The average Bonchev–Trinajstić information content (AvgIpc) is 2.98. The molecule has 1 saturated heterocycles. The van der Waals surface area contributed by atoms with Gasteiger partial charge >= 0.3 is 0 Å². The van der Waals surface area contributed by atoms with E-state index in [-0.39, 0.29) is 24.0 Å². The molecule has 2 unspecified atom stereocenters. The molecule has 4 nitrogen and oxygen atoms in total. The highest BCUT2D eigenvalue weighted by Crippen LogP contribution is 2.30. The van der Waals surface area contributed by atoms with Crippen molar-refractivity contribution in [3.63, 3.8) is 0 Å². The Labute approximate surface area is 135 Å². The number of piperidine rings is 1. The second-order valence-electron chi connectivity index (χ2n) is 8.28. The van der Waals surface area contributed by atoms with Crippen LogP contribution in [0.2, 0.25) is 0 Å². The van der Waals surface area contributed by atoms with Gasteiger partial charge < -0.3 is 10.4 Å². The number of nitrogens with one attached hydrogen (secondary N) is 1. The summed E-state index contributed by atoms with van der Waals surface area (Å²) in [5, 5.41) is 12.4. The monoisotopic (exact) mass is 310 g/mol. The minimum Gasteiger partial charge on any atom is -0.396 e. The third-order valence-electron chi connectivity index (χ3n) is 5.19. The van der Waals surface area contributed by atoms with E-state index < -0.39 is 0 Å². The molecule has 0 bridgehead atoms. The first-order valence-corrected chi connectivity index (χ1v) is 9.06. The zero-order chi connectivity index (χ0) is 16.2. The van der Waals surface area contributed by atoms with Crippen molar-refractivity contribution in [1.82, 2.24) is 10.2 Å². The zero-order valence-corrected chi connectivity index (χ0v) is 14.6. The highest BCUT2D eigenvalue weighted by Gasteiger charge is 2.34. The highest BCUT2D eigenvalue weighted by atomic mass is 16.2. The summed E-state index contributed by atoms with van der Waals surface area (Å²) in [7, 11) is 0. The van der Waals surface area contributed by atoms with Crippen LogP contribution in [0, 0.1) is 11.3 Å². The second kappa shape index (κ2) is 7.78. The molecule has 0 aromatic rings. The molecular weight excluding hydrogens is 276 g/mol. The predicted octanol–water partition coefficient (Wildman–Crippen LogP) is 2.55. The van der Waals surface area contributed by atoms with Crippen LogP contribution in [-0.2, 0) is 4.79 Å². The molecule has 2 atom stereocenters. The molecule has 1 heterocycles. The Hall–Kier alpha value is -0.610. The van der Waals surface area contributed by atoms with Crippen LogP contribution in [0.5, 0.6) is 0 Å². The molecule has 0 aromatic heterocycles. The van der Waals surface area contributed by atoms with Gasteiger partial charge in [-0.2, -0.15) is 0 Å². The first-order chi connectivity index (χ1) is 10.4. The number of hydrogen-bond donors (Lipinski definition) is 2. The number of hydrogen-bond acceptors (Lipinski definition) is 3. The number of aliphatic hydroxyl groups is 1. The maximum Gasteiger partial charge on any atom is 0.225 e. The summed E-state index contributed by atoms with van der Waals surface area (Å²) in [6.07, 6.45) is 8.33. The van der Waals surface area contributed by atoms with Gasteiger partial charge in [0.25, 0.3) is 0 Å². The lowest BCUT2D eigenvalue weighted by atomic mass is 9.88. The van der Waals surface area contributed by atoms with Crippen LogP contribution in [0.1, 0.15) is 65.7 Å². The SMILES string of the molecule is CC(C)(C)C(=O)NC1CC(CCCO)CN(C2CCCC2)C1. The largest absolute Gasteiger partial charge is 0.396 e. The summed E-state index contributed by atoms with van der Waals surface area (Å²) in [6.45, 7) is 8.35. The van der Waals surface area contributed by atoms with Crippen molar-refractivity contribution in [2.75, 3.05) is 19.7 Å². The Bertz CT molecular complexity index is 359. The van der Waals surface area contributed by atoms with E-state index in [9.17, 15) is 4.79 Å². The summed E-state index contributed by atoms with van der Waals surface area (Å²) in [5.41, 5.74) is -0.323. The normalized spacial score (nSPS) is 28.0. The first kappa shape index (κ1) is 17.7. The van der Waals surface area contributed by atoms with Crippen LogP contribution < -0.4 is 5.32 Å². The van der Waals surface area contributed by atoms with Crippen LogP contribution in [0.4, 0.5) is 0 Å².